The Morgan fingerprint density at radius 3 is 2.75 bits per heavy atom. The van der Waals surface area contributed by atoms with Gasteiger partial charge in [-0.2, -0.15) is 0 Å². The second-order valence-electron chi connectivity index (χ2n) is 4.74. The van der Waals surface area contributed by atoms with E-state index in [1.165, 1.54) is 6.42 Å². The molecule has 1 aliphatic rings. The Morgan fingerprint density at radius 1 is 1.50 bits per heavy atom. The highest BCUT2D eigenvalue weighted by Gasteiger charge is 2.21. The first kappa shape index (κ1) is 13.7. The van der Waals surface area contributed by atoms with Crippen LogP contribution in [-0.4, -0.2) is 43.0 Å². The van der Waals surface area contributed by atoms with Crippen LogP contribution in [0.15, 0.2) is 0 Å². The van der Waals surface area contributed by atoms with E-state index in [9.17, 15) is 4.79 Å². The van der Waals surface area contributed by atoms with Crippen molar-refractivity contribution in [3.8, 4) is 0 Å². The number of ketones is 1. The summed E-state index contributed by atoms with van der Waals surface area (Å²) < 4.78 is 5.60. The first-order chi connectivity index (χ1) is 7.67. The maximum atomic E-state index is 11.8. The van der Waals surface area contributed by atoms with Crippen molar-refractivity contribution in [3.63, 3.8) is 0 Å². The van der Waals surface area contributed by atoms with Crippen LogP contribution in [0.1, 0.15) is 40.0 Å². The summed E-state index contributed by atoms with van der Waals surface area (Å²) in [5, 5.41) is 0. The third-order valence-electron chi connectivity index (χ3n) is 3.47. The van der Waals surface area contributed by atoms with E-state index in [4.69, 9.17) is 4.74 Å². The van der Waals surface area contributed by atoms with Crippen molar-refractivity contribution in [3.05, 3.63) is 0 Å². The van der Waals surface area contributed by atoms with Crippen LogP contribution in [0.3, 0.4) is 0 Å². The van der Waals surface area contributed by atoms with Crippen LogP contribution in [0.4, 0.5) is 0 Å². The van der Waals surface area contributed by atoms with Gasteiger partial charge in [0.2, 0.25) is 0 Å². The highest BCUT2D eigenvalue weighted by atomic mass is 16.5. The van der Waals surface area contributed by atoms with Gasteiger partial charge in [-0.15, -0.1) is 0 Å². The third-order valence-corrected chi connectivity index (χ3v) is 3.47. The summed E-state index contributed by atoms with van der Waals surface area (Å²) in [6.07, 6.45) is 3.61. The topological polar surface area (TPSA) is 29.5 Å². The lowest BCUT2D eigenvalue weighted by atomic mass is 10.0. The van der Waals surface area contributed by atoms with E-state index < -0.39 is 0 Å². The van der Waals surface area contributed by atoms with Crippen LogP contribution in [0.2, 0.25) is 0 Å². The predicted molar refractivity (Wildman–Crippen MR) is 65.6 cm³/mol. The lowest BCUT2D eigenvalue weighted by molar-refractivity contribution is -0.123. The Bertz CT molecular complexity index is 212. The maximum absolute atomic E-state index is 11.8. The summed E-state index contributed by atoms with van der Waals surface area (Å²) in [4.78, 5) is 14.0. The molecule has 0 amide bonds. The highest BCUT2D eigenvalue weighted by Crippen LogP contribution is 2.13. The van der Waals surface area contributed by atoms with Crippen LogP contribution < -0.4 is 0 Å². The van der Waals surface area contributed by atoms with Gasteiger partial charge in [0.05, 0.1) is 12.6 Å². The molecule has 3 heteroatoms. The second kappa shape index (κ2) is 7.02. The van der Waals surface area contributed by atoms with Crippen molar-refractivity contribution < 1.29 is 9.53 Å². The number of likely N-dealkylation sites (N-methyl/N-ethyl adjacent to an activating group) is 1. The molecule has 0 radical (unpaired) electrons. The molecule has 94 valence electrons. The molecule has 1 heterocycles. The number of carbonyl (C=O) groups is 1. The number of hydrogen-bond acceptors (Lipinski definition) is 3. The summed E-state index contributed by atoms with van der Waals surface area (Å²) >= 11 is 0. The zero-order valence-corrected chi connectivity index (χ0v) is 10.9. The van der Waals surface area contributed by atoms with E-state index >= 15 is 0 Å². The van der Waals surface area contributed by atoms with Crippen LogP contribution in [0.25, 0.3) is 0 Å². The smallest absolute Gasteiger partial charge is 0.149 e. The molecule has 16 heavy (non-hydrogen) atoms. The molecule has 0 saturated carbocycles. The fourth-order valence-electron chi connectivity index (χ4n) is 1.99. The Labute approximate surface area is 99.1 Å². The van der Waals surface area contributed by atoms with Gasteiger partial charge in [-0.3, -0.25) is 9.69 Å². The summed E-state index contributed by atoms with van der Waals surface area (Å²) in [7, 11) is 0. The number of Topliss-reactive ketones (excluding diaryl/α,β-unsaturated/α-hetero) is 1. The summed E-state index contributed by atoms with van der Waals surface area (Å²) in [5.41, 5.74) is 0. The predicted octanol–water partition coefficient (Wildman–Crippen LogP) is 2.10. The molecule has 0 aromatic rings. The third kappa shape index (κ3) is 4.22. The van der Waals surface area contributed by atoms with Gasteiger partial charge in [0.1, 0.15) is 5.78 Å². The largest absolute Gasteiger partial charge is 0.377 e. The highest BCUT2D eigenvalue weighted by molar-refractivity contribution is 5.82. The molecule has 1 fully saturated rings. The van der Waals surface area contributed by atoms with Gasteiger partial charge in [0.15, 0.2) is 0 Å². The number of ether oxygens (including phenoxy) is 1. The van der Waals surface area contributed by atoms with Crippen LogP contribution in [0.5, 0.6) is 0 Å². The van der Waals surface area contributed by atoms with E-state index in [1.807, 2.05) is 6.92 Å². The molecular weight excluding hydrogens is 202 g/mol. The van der Waals surface area contributed by atoms with Crippen molar-refractivity contribution in [2.75, 3.05) is 26.2 Å². The number of nitrogens with zero attached hydrogens (tertiary/aromatic N) is 1. The van der Waals surface area contributed by atoms with E-state index in [-0.39, 0.29) is 5.92 Å². The Balaban J connectivity index is 2.32. The molecule has 3 nitrogen and oxygen atoms in total. The molecular formula is C13H25NO2. The molecule has 1 aliphatic heterocycles. The van der Waals surface area contributed by atoms with Gasteiger partial charge in [-0.1, -0.05) is 20.8 Å². The first-order valence-electron chi connectivity index (χ1n) is 6.54. The lowest BCUT2D eigenvalue weighted by Gasteiger charge is -2.24. The van der Waals surface area contributed by atoms with Crippen molar-refractivity contribution in [1.82, 2.24) is 4.90 Å². The molecule has 2 unspecified atom stereocenters. The molecule has 0 N–H and O–H groups in total. The fraction of sp³-hybridized carbons (Fsp3) is 0.923. The number of hydrogen-bond donors (Lipinski definition) is 0. The molecule has 0 aromatic heterocycles. The van der Waals surface area contributed by atoms with Crippen molar-refractivity contribution in [1.29, 1.82) is 0 Å². The lowest BCUT2D eigenvalue weighted by Crippen LogP contribution is -2.37. The average molecular weight is 227 g/mol. The minimum absolute atomic E-state index is 0.193. The Hall–Kier alpha value is -0.410. The van der Waals surface area contributed by atoms with Gasteiger partial charge in [-0.05, 0) is 25.8 Å². The molecule has 2 atom stereocenters. The monoisotopic (exact) mass is 227 g/mol. The fourth-order valence-corrected chi connectivity index (χ4v) is 1.99. The van der Waals surface area contributed by atoms with Gasteiger partial charge in [0.25, 0.3) is 0 Å². The molecule has 1 rings (SSSR count). The minimum Gasteiger partial charge on any atom is -0.377 e. The molecule has 0 spiro atoms. The zero-order chi connectivity index (χ0) is 12.0. The summed E-state index contributed by atoms with van der Waals surface area (Å²) in [6, 6.07) is 0. The van der Waals surface area contributed by atoms with Gasteiger partial charge < -0.3 is 4.74 Å². The molecule has 0 aromatic carbocycles. The second-order valence-corrected chi connectivity index (χ2v) is 4.74. The van der Waals surface area contributed by atoms with Crippen molar-refractivity contribution in [2.24, 2.45) is 5.92 Å². The van der Waals surface area contributed by atoms with E-state index in [1.54, 1.807) is 0 Å². The van der Waals surface area contributed by atoms with E-state index in [0.29, 0.717) is 18.4 Å². The molecule has 1 saturated heterocycles. The van der Waals surface area contributed by atoms with Gasteiger partial charge in [-0.25, -0.2) is 0 Å². The van der Waals surface area contributed by atoms with Crippen molar-refractivity contribution >= 4 is 5.78 Å². The standard InChI is InChI=1S/C13H25NO2/c1-4-11(3)13(15)10-14(5-2)9-12-7-6-8-16-12/h11-12H,4-10H2,1-3H3. The minimum atomic E-state index is 0.193. The van der Waals surface area contributed by atoms with Gasteiger partial charge in [0, 0.05) is 19.1 Å². The Morgan fingerprint density at radius 2 is 2.25 bits per heavy atom. The molecule has 0 bridgehead atoms. The summed E-state index contributed by atoms with van der Waals surface area (Å²) in [6.45, 7) is 9.52. The van der Waals surface area contributed by atoms with Crippen LogP contribution in [-0.2, 0) is 9.53 Å². The van der Waals surface area contributed by atoms with Crippen LogP contribution >= 0.6 is 0 Å². The van der Waals surface area contributed by atoms with Gasteiger partial charge >= 0.3 is 0 Å². The Kier molecular flexibility index (Phi) is 5.99. The number of carbonyl (C=O) groups excluding carboxylic acids is 1. The SMILES string of the molecule is CCC(C)C(=O)CN(CC)CC1CCCO1. The zero-order valence-electron chi connectivity index (χ0n) is 10.9. The quantitative estimate of drug-likeness (QED) is 0.667. The first-order valence-corrected chi connectivity index (χ1v) is 6.54. The normalized spacial score (nSPS) is 22.6. The summed E-state index contributed by atoms with van der Waals surface area (Å²) in [5.74, 6) is 0.556. The van der Waals surface area contributed by atoms with Crippen molar-refractivity contribution in [2.45, 2.75) is 46.1 Å². The number of rotatable bonds is 7. The average Bonchev–Trinajstić information content (AvgIpc) is 2.79. The maximum Gasteiger partial charge on any atom is 0.149 e. The van der Waals surface area contributed by atoms with E-state index in [0.717, 1.165) is 32.5 Å². The van der Waals surface area contributed by atoms with Crippen LogP contribution in [0, 0.1) is 5.92 Å². The van der Waals surface area contributed by atoms with E-state index in [2.05, 4.69) is 18.7 Å². The molecule has 0 aliphatic carbocycles.